The number of hydrogen-bond donors (Lipinski definition) is 1. The van der Waals surface area contributed by atoms with Gasteiger partial charge in [-0.15, -0.1) is 0 Å². The van der Waals surface area contributed by atoms with E-state index in [9.17, 15) is 9.90 Å². The maximum atomic E-state index is 9.96. The predicted molar refractivity (Wildman–Crippen MR) is 54.5 cm³/mol. The Morgan fingerprint density at radius 3 is 2.54 bits per heavy atom. The minimum Gasteiger partial charge on any atom is -0.393 e. The molecule has 0 amide bonds. The van der Waals surface area contributed by atoms with Crippen molar-refractivity contribution in [2.24, 2.45) is 5.41 Å². The summed E-state index contributed by atoms with van der Waals surface area (Å²) in [5, 5.41) is 9.58. The maximum absolute atomic E-state index is 9.96. The molecule has 1 atom stereocenters. The average Bonchev–Trinajstić information content (AvgIpc) is 2.04. The molecule has 0 spiro atoms. The topological polar surface area (TPSA) is 37.3 Å². The van der Waals surface area contributed by atoms with Gasteiger partial charge in [-0.25, -0.2) is 0 Å². The molecule has 2 heteroatoms. The van der Waals surface area contributed by atoms with Gasteiger partial charge in [0.1, 0.15) is 6.29 Å². The van der Waals surface area contributed by atoms with E-state index in [0.717, 1.165) is 19.1 Å². The Morgan fingerprint density at radius 1 is 1.46 bits per heavy atom. The first-order valence-electron chi connectivity index (χ1n) is 4.80. The van der Waals surface area contributed by atoms with Gasteiger partial charge in [-0.3, -0.25) is 4.79 Å². The number of rotatable bonds is 6. The van der Waals surface area contributed by atoms with Crippen molar-refractivity contribution in [2.75, 3.05) is 0 Å². The molecule has 0 aliphatic rings. The fraction of sp³-hybridized carbons (Fsp3) is 0.727. The quantitative estimate of drug-likeness (QED) is 0.508. The second-order valence-electron chi connectivity index (χ2n) is 4.18. The molecular formula is C11H20O2. The lowest BCUT2D eigenvalue weighted by Crippen LogP contribution is -2.19. The first-order valence-corrected chi connectivity index (χ1v) is 4.80. The van der Waals surface area contributed by atoms with Gasteiger partial charge in [0.15, 0.2) is 0 Å². The second kappa shape index (κ2) is 5.92. The molecule has 0 radical (unpaired) electrons. The van der Waals surface area contributed by atoms with Gasteiger partial charge in [-0.1, -0.05) is 33.3 Å². The number of allylic oxidation sites excluding steroid dienone is 1. The fourth-order valence-corrected chi connectivity index (χ4v) is 1.16. The third kappa shape index (κ3) is 6.52. The summed E-state index contributed by atoms with van der Waals surface area (Å²) in [5.74, 6) is 0. The zero-order valence-electron chi connectivity index (χ0n) is 8.79. The molecule has 0 fully saturated rings. The smallest absolute Gasteiger partial charge is 0.142 e. The SMILES string of the molecule is CCC(C)(C)CC(O)CC=CC=O. The van der Waals surface area contributed by atoms with Crippen molar-refractivity contribution in [2.45, 2.75) is 46.1 Å². The van der Waals surface area contributed by atoms with E-state index in [1.807, 2.05) is 0 Å². The molecule has 1 N–H and O–H groups in total. The highest BCUT2D eigenvalue weighted by molar-refractivity contribution is 5.64. The highest BCUT2D eigenvalue weighted by Gasteiger charge is 2.18. The van der Waals surface area contributed by atoms with E-state index in [1.54, 1.807) is 6.08 Å². The van der Waals surface area contributed by atoms with E-state index in [0.29, 0.717) is 6.42 Å². The van der Waals surface area contributed by atoms with Gasteiger partial charge in [0.05, 0.1) is 6.10 Å². The Hall–Kier alpha value is -0.630. The summed E-state index contributed by atoms with van der Waals surface area (Å²) in [6, 6.07) is 0. The number of aliphatic hydroxyl groups is 1. The van der Waals surface area contributed by atoms with Gasteiger partial charge in [-0.05, 0) is 24.3 Å². The molecule has 0 aromatic heterocycles. The van der Waals surface area contributed by atoms with Crippen LogP contribution in [0.3, 0.4) is 0 Å². The van der Waals surface area contributed by atoms with Crippen molar-refractivity contribution in [1.29, 1.82) is 0 Å². The molecule has 0 saturated carbocycles. The van der Waals surface area contributed by atoms with Gasteiger partial charge in [0, 0.05) is 0 Å². The van der Waals surface area contributed by atoms with Gasteiger partial charge in [0.25, 0.3) is 0 Å². The number of carbonyl (C=O) groups is 1. The summed E-state index contributed by atoms with van der Waals surface area (Å²) in [4.78, 5) is 9.96. The third-order valence-electron chi connectivity index (χ3n) is 2.37. The van der Waals surface area contributed by atoms with E-state index in [-0.39, 0.29) is 11.5 Å². The van der Waals surface area contributed by atoms with Gasteiger partial charge >= 0.3 is 0 Å². The monoisotopic (exact) mass is 184 g/mol. The summed E-state index contributed by atoms with van der Waals surface area (Å²) in [6.45, 7) is 6.40. The molecule has 0 heterocycles. The number of aliphatic hydroxyl groups excluding tert-OH is 1. The van der Waals surface area contributed by atoms with Gasteiger partial charge < -0.3 is 5.11 Å². The molecule has 76 valence electrons. The molecule has 0 rings (SSSR count). The van der Waals surface area contributed by atoms with E-state index in [1.165, 1.54) is 6.08 Å². The largest absolute Gasteiger partial charge is 0.393 e. The maximum Gasteiger partial charge on any atom is 0.142 e. The summed E-state index contributed by atoms with van der Waals surface area (Å²) in [6.07, 6.45) is 5.96. The lowest BCUT2D eigenvalue weighted by molar-refractivity contribution is -0.104. The van der Waals surface area contributed by atoms with Crippen LogP contribution in [-0.4, -0.2) is 17.5 Å². The molecule has 0 saturated heterocycles. The van der Waals surface area contributed by atoms with Crippen molar-refractivity contribution < 1.29 is 9.90 Å². The molecule has 0 aromatic rings. The zero-order chi connectivity index (χ0) is 10.3. The highest BCUT2D eigenvalue weighted by Crippen LogP contribution is 2.26. The van der Waals surface area contributed by atoms with Crippen LogP contribution >= 0.6 is 0 Å². The summed E-state index contributed by atoms with van der Waals surface area (Å²) in [5.41, 5.74) is 0.189. The van der Waals surface area contributed by atoms with Gasteiger partial charge in [0.2, 0.25) is 0 Å². The molecular weight excluding hydrogens is 164 g/mol. The number of hydrogen-bond acceptors (Lipinski definition) is 2. The van der Waals surface area contributed by atoms with Crippen LogP contribution in [0.15, 0.2) is 12.2 Å². The van der Waals surface area contributed by atoms with Crippen LogP contribution < -0.4 is 0 Å². The Labute approximate surface area is 80.7 Å². The molecule has 1 unspecified atom stereocenters. The number of carbonyl (C=O) groups excluding carboxylic acids is 1. The first kappa shape index (κ1) is 12.4. The summed E-state index contributed by atoms with van der Waals surface area (Å²) in [7, 11) is 0. The third-order valence-corrected chi connectivity index (χ3v) is 2.37. The van der Waals surface area contributed by atoms with Crippen molar-refractivity contribution >= 4 is 6.29 Å². The van der Waals surface area contributed by atoms with Gasteiger partial charge in [-0.2, -0.15) is 0 Å². The van der Waals surface area contributed by atoms with Crippen LogP contribution in [0.25, 0.3) is 0 Å². The normalized spacial score (nSPS) is 14.8. The standard InChI is InChI=1S/C11H20O2/c1-4-11(2,3)9-10(13)7-5-6-8-12/h5-6,8,10,13H,4,7,9H2,1-3H3. The minimum atomic E-state index is -0.328. The van der Waals surface area contributed by atoms with Crippen molar-refractivity contribution in [1.82, 2.24) is 0 Å². The van der Waals surface area contributed by atoms with Crippen LogP contribution in [-0.2, 0) is 4.79 Å². The summed E-state index contributed by atoms with van der Waals surface area (Å²) >= 11 is 0. The molecule has 0 aromatic carbocycles. The van der Waals surface area contributed by atoms with E-state index in [2.05, 4.69) is 20.8 Å². The van der Waals surface area contributed by atoms with Crippen LogP contribution in [0, 0.1) is 5.41 Å². The average molecular weight is 184 g/mol. The second-order valence-corrected chi connectivity index (χ2v) is 4.18. The van der Waals surface area contributed by atoms with E-state index >= 15 is 0 Å². The Bertz CT molecular complexity index is 171. The van der Waals surface area contributed by atoms with Crippen LogP contribution in [0.1, 0.15) is 40.0 Å². The van der Waals surface area contributed by atoms with Crippen molar-refractivity contribution in [3.63, 3.8) is 0 Å². The highest BCUT2D eigenvalue weighted by atomic mass is 16.3. The van der Waals surface area contributed by atoms with E-state index in [4.69, 9.17) is 0 Å². The molecule has 0 aliphatic carbocycles. The van der Waals surface area contributed by atoms with Crippen LogP contribution in [0.5, 0.6) is 0 Å². The Morgan fingerprint density at radius 2 is 2.08 bits per heavy atom. The summed E-state index contributed by atoms with van der Waals surface area (Å²) < 4.78 is 0. The minimum absolute atomic E-state index is 0.189. The Balaban J connectivity index is 3.79. The molecule has 2 nitrogen and oxygen atoms in total. The molecule has 0 aliphatic heterocycles. The van der Waals surface area contributed by atoms with Crippen molar-refractivity contribution in [3.8, 4) is 0 Å². The van der Waals surface area contributed by atoms with Crippen LogP contribution in [0.4, 0.5) is 0 Å². The predicted octanol–water partition coefficient (Wildman–Crippen LogP) is 2.32. The van der Waals surface area contributed by atoms with E-state index < -0.39 is 0 Å². The zero-order valence-corrected chi connectivity index (χ0v) is 8.79. The molecule has 13 heavy (non-hydrogen) atoms. The van der Waals surface area contributed by atoms with Crippen LogP contribution in [0.2, 0.25) is 0 Å². The lowest BCUT2D eigenvalue weighted by atomic mass is 9.83. The van der Waals surface area contributed by atoms with Crippen molar-refractivity contribution in [3.05, 3.63) is 12.2 Å². The number of aldehydes is 1. The lowest BCUT2D eigenvalue weighted by Gasteiger charge is -2.25. The first-order chi connectivity index (χ1) is 6.02. The Kier molecular flexibility index (Phi) is 5.63. The fourth-order valence-electron chi connectivity index (χ4n) is 1.16. The molecule has 0 bridgehead atoms.